The molecule has 0 radical (unpaired) electrons. The predicted molar refractivity (Wildman–Crippen MR) is 94.0 cm³/mol. The highest BCUT2D eigenvalue weighted by Gasteiger charge is 2.13. The summed E-state index contributed by atoms with van der Waals surface area (Å²) in [4.78, 5) is 17.5. The average Bonchev–Trinajstić information content (AvgIpc) is 3.26. The standard InChI is InChI=1S/C17H14FN5OS/c1-22-7-6-15(21-22)20-16(24)8-13-10-25-17-19-14(9-23(13)17)11-2-4-12(18)5-3-11/h2-7,9-10H,8H2,1H3,(H,20,21,24). The molecule has 0 saturated carbocycles. The summed E-state index contributed by atoms with van der Waals surface area (Å²) in [7, 11) is 1.79. The Hall–Kier alpha value is -3.00. The lowest BCUT2D eigenvalue weighted by atomic mass is 10.2. The molecule has 0 unspecified atom stereocenters. The van der Waals surface area contributed by atoms with Crippen molar-refractivity contribution in [3.8, 4) is 11.3 Å². The molecule has 4 rings (SSSR count). The highest BCUT2D eigenvalue weighted by Crippen LogP contribution is 2.24. The molecule has 6 nitrogen and oxygen atoms in total. The zero-order chi connectivity index (χ0) is 17.4. The normalized spacial score (nSPS) is 11.1. The second-order valence-corrected chi connectivity index (χ2v) is 6.45. The van der Waals surface area contributed by atoms with Crippen LogP contribution in [0, 0.1) is 5.82 Å². The van der Waals surface area contributed by atoms with Gasteiger partial charge < -0.3 is 5.32 Å². The molecule has 0 aliphatic heterocycles. The van der Waals surface area contributed by atoms with E-state index in [0.29, 0.717) is 5.82 Å². The number of hydrogen-bond acceptors (Lipinski definition) is 4. The number of carbonyl (C=O) groups is 1. The van der Waals surface area contributed by atoms with Crippen LogP contribution < -0.4 is 5.32 Å². The van der Waals surface area contributed by atoms with E-state index in [-0.39, 0.29) is 18.1 Å². The maximum Gasteiger partial charge on any atom is 0.231 e. The highest BCUT2D eigenvalue weighted by atomic mass is 32.1. The van der Waals surface area contributed by atoms with Gasteiger partial charge >= 0.3 is 0 Å². The van der Waals surface area contributed by atoms with Crippen molar-refractivity contribution in [3.05, 3.63) is 59.6 Å². The Labute approximate surface area is 146 Å². The van der Waals surface area contributed by atoms with Gasteiger partial charge in [-0.05, 0) is 24.3 Å². The van der Waals surface area contributed by atoms with Crippen molar-refractivity contribution in [2.45, 2.75) is 6.42 Å². The van der Waals surface area contributed by atoms with Gasteiger partial charge in [0.15, 0.2) is 10.8 Å². The van der Waals surface area contributed by atoms with Crippen LogP contribution in [-0.2, 0) is 18.3 Å². The number of fused-ring (bicyclic) bond motifs is 1. The first-order chi connectivity index (χ1) is 12.1. The first-order valence-corrected chi connectivity index (χ1v) is 8.47. The molecule has 126 valence electrons. The third-order valence-corrected chi connectivity index (χ3v) is 4.63. The largest absolute Gasteiger partial charge is 0.309 e. The van der Waals surface area contributed by atoms with Crippen LogP contribution in [0.4, 0.5) is 10.2 Å². The molecule has 0 saturated heterocycles. The minimum Gasteiger partial charge on any atom is -0.309 e. The van der Waals surface area contributed by atoms with Gasteiger partial charge in [-0.25, -0.2) is 9.37 Å². The van der Waals surface area contributed by atoms with Gasteiger partial charge in [-0.3, -0.25) is 13.9 Å². The van der Waals surface area contributed by atoms with Crippen molar-refractivity contribution in [2.24, 2.45) is 7.05 Å². The Morgan fingerprint density at radius 2 is 2.08 bits per heavy atom. The second kappa shape index (κ2) is 6.14. The van der Waals surface area contributed by atoms with Crippen LogP contribution in [0.25, 0.3) is 16.2 Å². The van der Waals surface area contributed by atoms with Gasteiger partial charge in [-0.2, -0.15) is 5.10 Å². The number of imidazole rings is 1. The van der Waals surface area contributed by atoms with E-state index < -0.39 is 0 Å². The molecule has 0 aliphatic rings. The molecule has 0 bridgehead atoms. The smallest absolute Gasteiger partial charge is 0.231 e. The van der Waals surface area contributed by atoms with E-state index in [0.717, 1.165) is 21.9 Å². The van der Waals surface area contributed by atoms with E-state index in [1.807, 2.05) is 16.0 Å². The molecule has 25 heavy (non-hydrogen) atoms. The summed E-state index contributed by atoms with van der Waals surface area (Å²) in [6.07, 6.45) is 3.85. The molecule has 4 aromatic rings. The van der Waals surface area contributed by atoms with Gasteiger partial charge in [-0.1, -0.05) is 0 Å². The van der Waals surface area contributed by atoms with Gasteiger partial charge in [0.2, 0.25) is 5.91 Å². The molecule has 8 heteroatoms. The SMILES string of the molecule is Cn1ccc(NC(=O)Cc2csc3nc(-c4ccc(F)cc4)cn23)n1. The maximum absolute atomic E-state index is 13.1. The van der Waals surface area contributed by atoms with Crippen LogP contribution in [0.3, 0.4) is 0 Å². The molecule has 0 atom stereocenters. The number of benzene rings is 1. The van der Waals surface area contributed by atoms with Crippen LogP contribution in [0.15, 0.2) is 48.1 Å². The number of halogens is 1. The maximum atomic E-state index is 13.1. The van der Waals surface area contributed by atoms with Crippen molar-refractivity contribution in [3.63, 3.8) is 0 Å². The second-order valence-electron chi connectivity index (χ2n) is 5.61. The summed E-state index contributed by atoms with van der Waals surface area (Å²) < 4.78 is 16.6. The van der Waals surface area contributed by atoms with Crippen LogP contribution in [0.5, 0.6) is 0 Å². The fourth-order valence-corrected chi connectivity index (χ4v) is 3.42. The lowest BCUT2D eigenvalue weighted by Gasteiger charge is -2.01. The molecule has 0 fully saturated rings. The highest BCUT2D eigenvalue weighted by molar-refractivity contribution is 7.15. The number of aromatic nitrogens is 4. The van der Waals surface area contributed by atoms with E-state index in [9.17, 15) is 9.18 Å². The van der Waals surface area contributed by atoms with E-state index >= 15 is 0 Å². The molecule has 3 heterocycles. The topological polar surface area (TPSA) is 64.2 Å². The Kier molecular flexibility index (Phi) is 3.81. The predicted octanol–water partition coefficient (Wildman–Crippen LogP) is 3.12. The molecule has 0 spiro atoms. The Bertz CT molecular complexity index is 1050. The summed E-state index contributed by atoms with van der Waals surface area (Å²) in [5.41, 5.74) is 2.42. The number of aryl methyl sites for hydroxylation is 1. The fourth-order valence-electron chi connectivity index (χ4n) is 2.55. The Balaban J connectivity index is 1.56. The van der Waals surface area contributed by atoms with Gasteiger partial charge in [0.1, 0.15) is 5.82 Å². The van der Waals surface area contributed by atoms with Crippen LogP contribution in [-0.4, -0.2) is 25.1 Å². The van der Waals surface area contributed by atoms with E-state index in [2.05, 4.69) is 15.4 Å². The van der Waals surface area contributed by atoms with Crippen molar-refractivity contribution < 1.29 is 9.18 Å². The van der Waals surface area contributed by atoms with Gasteiger partial charge in [0, 0.05) is 42.1 Å². The minimum absolute atomic E-state index is 0.143. The molecule has 1 amide bonds. The number of hydrogen-bond donors (Lipinski definition) is 1. The molecule has 0 aliphatic carbocycles. The van der Waals surface area contributed by atoms with Gasteiger partial charge in [0.25, 0.3) is 0 Å². The first-order valence-electron chi connectivity index (χ1n) is 7.59. The summed E-state index contributed by atoms with van der Waals surface area (Å²) in [5.74, 6) is 0.101. The Morgan fingerprint density at radius 1 is 1.28 bits per heavy atom. The van der Waals surface area contributed by atoms with Crippen molar-refractivity contribution in [2.75, 3.05) is 5.32 Å². The molecule has 3 aromatic heterocycles. The summed E-state index contributed by atoms with van der Waals surface area (Å²) in [6, 6.07) is 7.93. The third-order valence-electron chi connectivity index (χ3n) is 3.75. The minimum atomic E-state index is -0.281. The van der Waals surface area contributed by atoms with Crippen molar-refractivity contribution in [1.82, 2.24) is 19.2 Å². The number of nitrogens with zero attached hydrogens (tertiary/aromatic N) is 4. The van der Waals surface area contributed by atoms with Crippen LogP contribution in [0.2, 0.25) is 0 Å². The van der Waals surface area contributed by atoms with E-state index in [1.165, 1.54) is 23.5 Å². The molecule has 1 N–H and O–H groups in total. The third kappa shape index (κ3) is 3.16. The quantitative estimate of drug-likeness (QED) is 0.612. The van der Waals surface area contributed by atoms with Crippen molar-refractivity contribution in [1.29, 1.82) is 0 Å². The monoisotopic (exact) mass is 355 g/mol. The lowest BCUT2D eigenvalue weighted by Crippen LogP contribution is -2.15. The number of nitrogens with one attached hydrogen (secondary N) is 1. The number of thiazole rings is 1. The number of amides is 1. The first kappa shape index (κ1) is 15.5. The zero-order valence-corrected chi connectivity index (χ0v) is 14.1. The lowest BCUT2D eigenvalue weighted by molar-refractivity contribution is -0.115. The summed E-state index contributed by atoms with van der Waals surface area (Å²) in [5, 5.41) is 8.81. The number of carbonyl (C=O) groups excluding carboxylic acids is 1. The van der Waals surface area contributed by atoms with E-state index in [1.54, 1.807) is 36.1 Å². The fraction of sp³-hybridized carbons (Fsp3) is 0.118. The molecular weight excluding hydrogens is 341 g/mol. The van der Waals surface area contributed by atoms with Gasteiger partial charge in [-0.15, -0.1) is 11.3 Å². The number of rotatable bonds is 4. The molecule has 1 aromatic carbocycles. The summed E-state index contributed by atoms with van der Waals surface area (Å²) >= 11 is 1.46. The Morgan fingerprint density at radius 3 is 2.80 bits per heavy atom. The zero-order valence-electron chi connectivity index (χ0n) is 13.3. The average molecular weight is 355 g/mol. The van der Waals surface area contributed by atoms with Crippen molar-refractivity contribution >= 4 is 28.0 Å². The number of anilines is 1. The summed E-state index contributed by atoms with van der Waals surface area (Å²) in [6.45, 7) is 0. The van der Waals surface area contributed by atoms with Crippen LogP contribution in [0.1, 0.15) is 5.69 Å². The molecular formula is C17H14FN5OS. The van der Waals surface area contributed by atoms with Crippen LogP contribution >= 0.6 is 11.3 Å². The van der Waals surface area contributed by atoms with E-state index in [4.69, 9.17) is 0 Å². The van der Waals surface area contributed by atoms with Gasteiger partial charge in [0.05, 0.1) is 12.1 Å².